The fraction of sp³-hybridized carbons (Fsp3) is 0.538. The van der Waals surface area contributed by atoms with Crippen LogP contribution in [0.2, 0.25) is 0 Å². The van der Waals surface area contributed by atoms with Crippen LogP contribution in [0.15, 0.2) is 35.7 Å². The first-order chi connectivity index (χ1) is 15.8. The topological polar surface area (TPSA) is 59.1 Å². The third-order valence-electron chi connectivity index (χ3n) is 6.21. The number of benzene rings is 1. The SMILES string of the molecule is CC[C@H](C)N(CC(=O)N1CCc2sccc2[C@H]1COc1ccccc1OC)C(=O)CC(C)C. The Morgan fingerprint density at radius 3 is 2.58 bits per heavy atom. The minimum atomic E-state index is -0.198. The number of carbonyl (C=O) groups excluding carboxylic acids is 2. The maximum Gasteiger partial charge on any atom is 0.242 e. The predicted molar refractivity (Wildman–Crippen MR) is 132 cm³/mol. The molecule has 3 rings (SSSR count). The molecule has 0 saturated heterocycles. The van der Waals surface area contributed by atoms with E-state index in [1.165, 1.54) is 4.88 Å². The molecule has 2 atom stereocenters. The van der Waals surface area contributed by atoms with Gasteiger partial charge in [0.2, 0.25) is 11.8 Å². The van der Waals surface area contributed by atoms with Crippen LogP contribution in [0.4, 0.5) is 0 Å². The molecule has 33 heavy (non-hydrogen) atoms. The molecule has 2 amide bonds. The van der Waals surface area contributed by atoms with Crippen molar-refractivity contribution in [2.45, 2.75) is 59.0 Å². The highest BCUT2D eigenvalue weighted by Gasteiger charge is 2.34. The van der Waals surface area contributed by atoms with Crippen molar-refractivity contribution < 1.29 is 19.1 Å². The lowest BCUT2D eigenvalue weighted by Gasteiger charge is -2.38. The van der Waals surface area contributed by atoms with Gasteiger partial charge in [-0.1, -0.05) is 32.9 Å². The molecule has 0 radical (unpaired) electrons. The minimum Gasteiger partial charge on any atom is -0.493 e. The number of hydrogen-bond donors (Lipinski definition) is 0. The van der Waals surface area contributed by atoms with Gasteiger partial charge >= 0.3 is 0 Å². The van der Waals surface area contributed by atoms with E-state index in [4.69, 9.17) is 9.47 Å². The Kier molecular flexibility index (Phi) is 8.78. The quantitative estimate of drug-likeness (QED) is 0.492. The number of carbonyl (C=O) groups is 2. The van der Waals surface area contributed by atoms with Crippen molar-refractivity contribution >= 4 is 23.2 Å². The number of fused-ring (bicyclic) bond motifs is 1. The Hall–Kier alpha value is -2.54. The maximum absolute atomic E-state index is 13.6. The second-order valence-electron chi connectivity index (χ2n) is 8.99. The van der Waals surface area contributed by atoms with Crippen LogP contribution < -0.4 is 9.47 Å². The van der Waals surface area contributed by atoms with E-state index in [1.807, 2.05) is 56.9 Å². The van der Waals surface area contributed by atoms with Crippen LogP contribution in [0.5, 0.6) is 11.5 Å². The Morgan fingerprint density at radius 1 is 1.18 bits per heavy atom. The lowest BCUT2D eigenvalue weighted by molar-refractivity contribution is -0.144. The smallest absolute Gasteiger partial charge is 0.242 e. The van der Waals surface area contributed by atoms with Gasteiger partial charge in [0.25, 0.3) is 0 Å². The summed E-state index contributed by atoms with van der Waals surface area (Å²) >= 11 is 1.72. The standard InChI is InChI=1S/C26H36N2O4S/c1-6-19(4)28(25(29)15-18(2)3)16-26(30)27-13-11-24-20(12-14-33-24)21(27)17-32-23-10-8-7-9-22(23)31-5/h7-10,12,14,18-19,21H,6,11,13,15-17H2,1-5H3/t19-,21+/m0/s1. The Balaban J connectivity index is 1.80. The van der Waals surface area contributed by atoms with Crippen LogP contribution in [0.3, 0.4) is 0 Å². The molecule has 7 heteroatoms. The summed E-state index contributed by atoms with van der Waals surface area (Å²) < 4.78 is 11.6. The molecular formula is C26H36N2O4S. The van der Waals surface area contributed by atoms with Crippen molar-refractivity contribution in [1.82, 2.24) is 9.80 Å². The summed E-state index contributed by atoms with van der Waals surface area (Å²) in [4.78, 5) is 31.4. The van der Waals surface area contributed by atoms with Gasteiger partial charge in [-0.2, -0.15) is 0 Å². The molecule has 0 fully saturated rings. The number of amides is 2. The van der Waals surface area contributed by atoms with E-state index in [0.717, 1.165) is 18.4 Å². The van der Waals surface area contributed by atoms with Gasteiger partial charge in [0.1, 0.15) is 13.2 Å². The van der Waals surface area contributed by atoms with Gasteiger partial charge in [-0.05, 0) is 54.8 Å². The van der Waals surface area contributed by atoms with Crippen LogP contribution >= 0.6 is 11.3 Å². The molecule has 180 valence electrons. The molecule has 1 aromatic heterocycles. The van der Waals surface area contributed by atoms with Gasteiger partial charge in [0.15, 0.2) is 11.5 Å². The van der Waals surface area contributed by atoms with Crippen LogP contribution in [0, 0.1) is 5.92 Å². The number of rotatable bonds is 10. The maximum atomic E-state index is 13.6. The summed E-state index contributed by atoms with van der Waals surface area (Å²) in [6.07, 6.45) is 2.09. The first-order valence-corrected chi connectivity index (χ1v) is 12.6. The third kappa shape index (κ3) is 6.08. The number of nitrogens with zero attached hydrogens (tertiary/aromatic N) is 2. The summed E-state index contributed by atoms with van der Waals surface area (Å²) in [5, 5.41) is 2.08. The zero-order valence-electron chi connectivity index (χ0n) is 20.4. The Bertz CT molecular complexity index is 942. The van der Waals surface area contributed by atoms with Crippen molar-refractivity contribution in [2.24, 2.45) is 5.92 Å². The Morgan fingerprint density at radius 2 is 1.91 bits per heavy atom. The zero-order chi connectivity index (χ0) is 24.0. The van der Waals surface area contributed by atoms with Crippen molar-refractivity contribution in [3.8, 4) is 11.5 Å². The highest BCUT2D eigenvalue weighted by atomic mass is 32.1. The van der Waals surface area contributed by atoms with E-state index >= 15 is 0 Å². The lowest BCUT2D eigenvalue weighted by atomic mass is 10.00. The summed E-state index contributed by atoms with van der Waals surface area (Å²) in [5.74, 6) is 1.59. The second kappa shape index (κ2) is 11.5. The van der Waals surface area contributed by atoms with Crippen molar-refractivity contribution in [2.75, 3.05) is 26.8 Å². The molecule has 6 nitrogen and oxygen atoms in total. The van der Waals surface area contributed by atoms with E-state index < -0.39 is 0 Å². The fourth-order valence-electron chi connectivity index (χ4n) is 4.19. The van der Waals surface area contributed by atoms with Crippen LogP contribution in [0.25, 0.3) is 0 Å². The summed E-state index contributed by atoms with van der Waals surface area (Å²) in [6, 6.07) is 9.45. The molecule has 0 spiro atoms. The number of para-hydroxylation sites is 2. The summed E-state index contributed by atoms with van der Waals surface area (Å²) in [7, 11) is 1.62. The monoisotopic (exact) mass is 472 g/mol. The van der Waals surface area contributed by atoms with E-state index in [1.54, 1.807) is 23.3 Å². The lowest BCUT2D eigenvalue weighted by Crippen LogP contribution is -2.50. The number of ether oxygens (including phenoxy) is 2. The molecule has 0 bridgehead atoms. The van der Waals surface area contributed by atoms with E-state index in [9.17, 15) is 9.59 Å². The molecule has 1 aromatic carbocycles. The predicted octanol–water partition coefficient (Wildman–Crippen LogP) is 4.93. The van der Waals surface area contributed by atoms with Gasteiger partial charge < -0.3 is 19.3 Å². The second-order valence-corrected chi connectivity index (χ2v) is 9.99. The molecule has 0 N–H and O–H groups in total. The zero-order valence-corrected chi connectivity index (χ0v) is 21.2. The van der Waals surface area contributed by atoms with Crippen LogP contribution in [-0.4, -0.2) is 54.5 Å². The molecule has 0 saturated carbocycles. The number of hydrogen-bond acceptors (Lipinski definition) is 5. The molecule has 2 heterocycles. The molecular weight excluding hydrogens is 436 g/mol. The first-order valence-electron chi connectivity index (χ1n) is 11.8. The normalized spacial score (nSPS) is 16.3. The third-order valence-corrected chi connectivity index (χ3v) is 7.21. The fourth-order valence-corrected chi connectivity index (χ4v) is 5.12. The van der Waals surface area contributed by atoms with Crippen LogP contribution in [-0.2, 0) is 16.0 Å². The van der Waals surface area contributed by atoms with E-state index in [2.05, 4.69) is 11.4 Å². The van der Waals surface area contributed by atoms with E-state index in [-0.39, 0.29) is 36.4 Å². The highest BCUT2D eigenvalue weighted by Crippen LogP contribution is 2.35. The average Bonchev–Trinajstić information content (AvgIpc) is 3.29. The van der Waals surface area contributed by atoms with Gasteiger partial charge in [-0.25, -0.2) is 0 Å². The molecule has 0 unspecified atom stereocenters. The first kappa shape index (κ1) is 25.1. The van der Waals surface area contributed by atoms with Crippen molar-refractivity contribution in [1.29, 1.82) is 0 Å². The van der Waals surface area contributed by atoms with Gasteiger partial charge in [-0.3, -0.25) is 9.59 Å². The Labute approximate surface area is 201 Å². The van der Waals surface area contributed by atoms with Gasteiger partial charge in [0.05, 0.1) is 13.2 Å². The summed E-state index contributed by atoms with van der Waals surface area (Å²) in [6.45, 7) is 9.18. The van der Waals surface area contributed by atoms with Crippen molar-refractivity contribution in [3.63, 3.8) is 0 Å². The number of thiophene rings is 1. The molecule has 0 aliphatic carbocycles. The van der Waals surface area contributed by atoms with Crippen LogP contribution in [0.1, 0.15) is 57.0 Å². The largest absolute Gasteiger partial charge is 0.493 e. The highest BCUT2D eigenvalue weighted by molar-refractivity contribution is 7.10. The average molecular weight is 473 g/mol. The summed E-state index contributed by atoms with van der Waals surface area (Å²) in [5.41, 5.74) is 1.14. The van der Waals surface area contributed by atoms with Gasteiger partial charge in [0, 0.05) is 23.9 Å². The molecule has 2 aromatic rings. The molecule has 1 aliphatic rings. The number of methoxy groups -OCH3 is 1. The van der Waals surface area contributed by atoms with Crippen molar-refractivity contribution in [3.05, 3.63) is 46.2 Å². The van der Waals surface area contributed by atoms with E-state index in [0.29, 0.717) is 31.1 Å². The molecule has 1 aliphatic heterocycles. The van der Waals surface area contributed by atoms with Gasteiger partial charge in [-0.15, -0.1) is 11.3 Å². The minimum absolute atomic E-state index is 0.0185.